The fourth-order valence-electron chi connectivity index (χ4n) is 1.56. The first-order chi connectivity index (χ1) is 7.20. The quantitative estimate of drug-likeness (QED) is 0.825. The van der Waals surface area contributed by atoms with Crippen LogP contribution in [0, 0.1) is 17.6 Å². The van der Waals surface area contributed by atoms with Crippen molar-refractivity contribution in [3.05, 3.63) is 29.8 Å². The predicted molar refractivity (Wildman–Crippen MR) is 52.8 cm³/mol. The largest absolute Gasteiger partial charge is 0.493 e. The van der Waals surface area contributed by atoms with E-state index < -0.39 is 11.6 Å². The molecule has 82 valence electrons. The Hall–Kier alpha value is -1.16. The molecule has 2 rings (SSSR count). The van der Waals surface area contributed by atoms with E-state index in [9.17, 15) is 8.78 Å². The minimum absolute atomic E-state index is 0.385. The standard InChI is InChI=1S/C11H13F2NO/c1-14-11-4-7(11)6-15-8-2-3-9(12)10(13)5-8/h2-3,5,7,11,14H,4,6H2,1H3. The third-order valence-electron chi connectivity index (χ3n) is 2.65. The Morgan fingerprint density at radius 3 is 2.80 bits per heavy atom. The molecular weight excluding hydrogens is 200 g/mol. The lowest BCUT2D eigenvalue weighted by molar-refractivity contribution is 0.292. The summed E-state index contributed by atoms with van der Waals surface area (Å²) < 4.78 is 30.7. The van der Waals surface area contributed by atoms with Gasteiger partial charge in [-0.05, 0) is 25.6 Å². The smallest absolute Gasteiger partial charge is 0.162 e. The van der Waals surface area contributed by atoms with Gasteiger partial charge in [0.1, 0.15) is 5.75 Å². The molecule has 0 spiro atoms. The van der Waals surface area contributed by atoms with Crippen LogP contribution in [0.2, 0.25) is 0 Å². The van der Waals surface area contributed by atoms with Crippen LogP contribution in [-0.4, -0.2) is 19.7 Å². The zero-order valence-corrected chi connectivity index (χ0v) is 8.47. The van der Waals surface area contributed by atoms with Gasteiger partial charge < -0.3 is 10.1 Å². The Kier molecular flexibility index (Phi) is 2.86. The third kappa shape index (κ3) is 2.45. The number of nitrogens with one attached hydrogen (secondary N) is 1. The lowest BCUT2D eigenvalue weighted by Gasteiger charge is -2.05. The summed E-state index contributed by atoms with van der Waals surface area (Å²) in [7, 11) is 1.90. The molecular formula is C11H13F2NO. The van der Waals surface area contributed by atoms with Crippen LogP contribution in [0.4, 0.5) is 8.78 Å². The highest BCUT2D eigenvalue weighted by Crippen LogP contribution is 2.30. The first-order valence-electron chi connectivity index (χ1n) is 4.96. The zero-order valence-electron chi connectivity index (χ0n) is 8.47. The van der Waals surface area contributed by atoms with Crippen molar-refractivity contribution in [1.82, 2.24) is 5.32 Å². The summed E-state index contributed by atoms with van der Waals surface area (Å²) in [6.45, 7) is 0.552. The van der Waals surface area contributed by atoms with E-state index >= 15 is 0 Å². The van der Waals surface area contributed by atoms with E-state index in [4.69, 9.17) is 4.74 Å². The van der Waals surface area contributed by atoms with Crippen LogP contribution in [0.15, 0.2) is 18.2 Å². The first-order valence-corrected chi connectivity index (χ1v) is 4.96. The molecule has 15 heavy (non-hydrogen) atoms. The molecule has 1 saturated carbocycles. The fraction of sp³-hybridized carbons (Fsp3) is 0.455. The van der Waals surface area contributed by atoms with Crippen LogP contribution in [-0.2, 0) is 0 Å². The van der Waals surface area contributed by atoms with Gasteiger partial charge in [0.25, 0.3) is 0 Å². The second kappa shape index (κ2) is 4.14. The van der Waals surface area contributed by atoms with Crippen LogP contribution in [0.3, 0.4) is 0 Å². The van der Waals surface area contributed by atoms with E-state index in [-0.39, 0.29) is 0 Å². The summed E-state index contributed by atoms with van der Waals surface area (Å²) >= 11 is 0. The predicted octanol–water partition coefficient (Wildman–Crippen LogP) is 1.95. The molecule has 0 radical (unpaired) electrons. The molecule has 2 atom stereocenters. The molecule has 1 N–H and O–H groups in total. The van der Waals surface area contributed by atoms with Gasteiger partial charge in [-0.3, -0.25) is 0 Å². The van der Waals surface area contributed by atoms with Crippen LogP contribution in [0.5, 0.6) is 5.75 Å². The normalized spacial score (nSPS) is 23.9. The molecule has 2 nitrogen and oxygen atoms in total. The summed E-state index contributed by atoms with van der Waals surface area (Å²) in [6, 6.07) is 4.10. The molecule has 0 bridgehead atoms. The molecule has 1 aliphatic carbocycles. The lowest BCUT2D eigenvalue weighted by atomic mass is 10.3. The van der Waals surface area contributed by atoms with Gasteiger partial charge in [-0.2, -0.15) is 0 Å². The Balaban J connectivity index is 1.86. The van der Waals surface area contributed by atoms with Crippen molar-refractivity contribution in [3.8, 4) is 5.75 Å². The Morgan fingerprint density at radius 2 is 2.20 bits per heavy atom. The maximum atomic E-state index is 12.8. The zero-order chi connectivity index (χ0) is 10.8. The van der Waals surface area contributed by atoms with Crippen molar-refractivity contribution < 1.29 is 13.5 Å². The van der Waals surface area contributed by atoms with Crippen molar-refractivity contribution in [3.63, 3.8) is 0 Å². The highest BCUT2D eigenvalue weighted by atomic mass is 19.2. The van der Waals surface area contributed by atoms with Gasteiger partial charge >= 0.3 is 0 Å². The SMILES string of the molecule is CNC1CC1COc1ccc(F)c(F)c1. The first kappa shape index (κ1) is 10.4. The van der Waals surface area contributed by atoms with Crippen molar-refractivity contribution in [2.45, 2.75) is 12.5 Å². The lowest BCUT2D eigenvalue weighted by Crippen LogP contribution is -2.14. The van der Waals surface area contributed by atoms with E-state index in [1.165, 1.54) is 6.07 Å². The van der Waals surface area contributed by atoms with Gasteiger partial charge in [-0.15, -0.1) is 0 Å². The summed E-state index contributed by atoms with van der Waals surface area (Å²) in [4.78, 5) is 0. The van der Waals surface area contributed by atoms with Crippen molar-refractivity contribution in [2.24, 2.45) is 5.92 Å². The molecule has 0 saturated heterocycles. The van der Waals surface area contributed by atoms with Crippen molar-refractivity contribution in [1.29, 1.82) is 0 Å². The molecule has 0 heterocycles. The summed E-state index contributed by atoms with van der Waals surface area (Å²) in [5, 5.41) is 3.13. The summed E-state index contributed by atoms with van der Waals surface area (Å²) in [5.41, 5.74) is 0. The summed E-state index contributed by atoms with van der Waals surface area (Å²) in [5.74, 6) is -0.839. The molecule has 4 heteroatoms. The van der Waals surface area contributed by atoms with Crippen molar-refractivity contribution >= 4 is 0 Å². The van der Waals surface area contributed by atoms with Gasteiger partial charge in [0.05, 0.1) is 6.61 Å². The molecule has 1 aromatic carbocycles. The minimum atomic E-state index is -0.867. The van der Waals surface area contributed by atoms with Gasteiger partial charge in [-0.1, -0.05) is 0 Å². The Labute approximate surface area is 87.2 Å². The maximum absolute atomic E-state index is 12.8. The van der Waals surface area contributed by atoms with Crippen LogP contribution >= 0.6 is 0 Å². The average Bonchev–Trinajstić information content (AvgIpc) is 2.98. The number of ether oxygens (including phenoxy) is 1. The van der Waals surface area contributed by atoms with Crippen LogP contribution in [0.25, 0.3) is 0 Å². The minimum Gasteiger partial charge on any atom is -0.493 e. The summed E-state index contributed by atoms with van der Waals surface area (Å²) in [6.07, 6.45) is 1.08. The van der Waals surface area contributed by atoms with Crippen molar-refractivity contribution in [2.75, 3.05) is 13.7 Å². The molecule has 0 aliphatic heterocycles. The highest BCUT2D eigenvalue weighted by molar-refractivity contribution is 5.23. The second-order valence-electron chi connectivity index (χ2n) is 3.78. The van der Waals surface area contributed by atoms with Crippen LogP contribution in [0.1, 0.15) is 6.42 Å². The van der Waals surface area contributed by atoms with Crippen LogP contribution < -0.4 is 10.1 Å². The molecule has 1 aliphatic rings. The van der Waals surface area contributed by atoms with Gasteiger partial charge in [-0.25, -0.2) is 8.78 Å². The topological polar surface area (TPSA) is 21.3 Å². The fourth-order valence-corrected chi connectivity index (χ4v) is 1.56. The van der Waals surface area contributed by atoms with Gasteiger partial charge in [0.2, 0.25) is 0 Å². The monoisotopic (exact) mass is 213 g/mol. The van der Waals surface area contributed by atoms with E-state index in [1.54, 1.807) is 0 Å². The van der Waals surface area contributed by atoms with Gasteiger partial charge in [0, 0.05) is 18.0 Å². The van der Waals surface area contributed by atoms with E-state index in [1.807, 2.05) is 7.05 Å². The molecule has 2 unspecified atom stereocenters. The van der Waals surface area contributed by atoms with E-state index in [0.717, 1.165) is 18.6 Å². The second-order valence-corrected chi connectivity index (χ2v) is 3.78. The highest BCUT2D eigenvalue weighted by Gasteiger charge is 2.36. The number of benzene rings is 1. The third-order valence-corrected chi connectivity index (χ3v) is 2.65. The number of halogens is 2. The Bertz CT molecular complexity index is 356. The molecule has 0 amide bonds. The molecule has 1 fully saturated rings. The maximum Gasteiger partial charge on any atom is 0.162 e. The molecule has 1 aromatic rings. The van der Waals surface area contributed by atoms with E-state index in [2.05, 4.69) is 5.32 Å². The number of hydrogen-bond donors (Lipinski definition) is 1. The Morgan fingerprint density at radius 1 is 1.40 bits per heavy atom. The van der Waals surface area contributed by atoms with E-state index in [0.29, 0.717) is 24.3 Å². The average molecular weight is 213 g/mol. The van der Waals surface area contributed by atoms with Gasteiger partial charge in [0.15, 0.2) is 11.6 Å². The number of hydrogen-bond acceptors (Lipinski definition) is 2. The molecule has 0 aromatic heterocycles. The number of rotatable bonds is 4.